The lowest BCUT2D eigenvalue weighted by Gasteiger charge is -2.23. The lowest BCUT2D eigenvalue weighted by atomic mass is 9.93. The van der Waals surface area contributed by atoms with E-state index in [2.05, 4.69) is 21.4 Å². The minimum Gasteiger partial charge on any atom is -0.507 e. The summed E-state index contributed by atoms with van der Waals surface area (Å²) < 4.78 is 0. The van der Waals surface area contributed by atoms with Gasteiger partial charge in [-0.1, -0.05) is 36.4 Å². The van der Waals surface area contributed by atoms with Crippen molar-refractivity contribution in [1.29, 1.82) is 5.26 Å². The van der Waals surface area contributed by atoms with Crippen LogP contribution in [0, 0.1) is 11.3 Å². The zero-order valence-corrected chi connectivity index (χ0v) is 15.4. The van der Waals surface area contributed by atoms with E-state index in [4.69, 9.17) is 5.73 Å². The Bertz CT molecular complexity index is 1040. The molecule has 0 saturated carbocycles. The monoisotopic (exact) mass is 371 g/mol. The highest BCUT2D eigenvalue weighted by Crippen LogP contribution is 2.34. The van der Waals surface area contributed by atoms with E-state index in [0.29, 0.717) is 22.6 Å². The highest BCUT2D eigenvalue weighted by molar-refractivity contribution is 5.74. The summed E-state index contributed by atoms with van der Waals surface area (Å²) in [7, 11) is 0. The number of benzene rings is 2. The topological polar surface area (TPSA) is 108 Å². The first kappa shape index (κ1) is 18.0. The molecule has 2 heterocycles. The van der Waals surface area contributed by atoms with Crippen LogP contribution in [0.4, 0.5) is 5.82 Å². The first-order valence-corrected chi connectivity index (χ1v) is 9.34. The molecule has 1 unspecified atom stereocenters. The summed E-state index contributed by atoms with van der Waals surface area (Å²) in [4.78, 5) is 8.94. The van der Waals surface area contributed by atoms with Gasteiger partial charge in [0, 0.05) is 12.5 Å². The number of hydrogen-bond donors (Lipinski definition) is 3. The van der Waals surface area contributed by atoms with Crippen LogP contribution < -0.4 is 11.1 Å². The first-order chi connectivity index (χ1) is 13.7. The minimum atomic E-state index is 0.0816. The highest BCUT2D eigenvalue weighted by atomic mass is 16.3. The van der Waals surface area contributed by atoms with Crippen LogP contribution in [-0.2, 0) is 0 Å². The fourth-order valence-corrected chi connectivity index (χ4v) is 3.64. The Morgan fingerprint density at radius 3 is 2.61 bits per heavy atom. The molecule has 140 valence electrons. The van der Waals surface area contributed by atoms with E-state index in [1.54, 1.807) is 12.1 Å². The van der Waals surface area contributed by atoms with Gasteiger partial charge in [0.1, 0.15) is 23.2 Å². The number of rotatable bonds is 3. The Kier molecular flexibility index (Phi) is 4.92. The van der Waals surface area contributed by atoms with Crippen molar-refractivity contribution in [1.82, 2.24) is 15.3 Å². The molecule has 1 fully saturated rings. The summed E-state index contributed by atoms with van der Waals surface area (Å²) in [5.74, 6) is 0.685. The number of anilines is 1. The van der Waals surface area contributed by atoms with Crippen LogP contribution in [0.1, 0.15) is 30.0 Å². The second-order valence-electron chi connectivity index (χ2n) is 6.95. The summed E-state index contributed by atoms with van der Waals surface area (Å²) in [5, 5.41) is 23.5. The average molecular weight is 371 g/mol. The molecule has 0 spiro atoms. The molecule has 4 N–H and O–H groups in total. The van der Waals surface area contributed by atoms with Crippen LogP contribution in [0.5, 0.6) is 5.75 Å². The maximum absolute atomic E-state index is 10.6. The van der Waals surface area contributed by atoms with Crippen molar-refractivity contribution < 1.29 is 5.11 Å². The number of hydrogen-bond acceptors (Lipinski definition) is 6. The Hall–Kier alpha value is -3.43. The minimum absolute atomic E-state index is 0.0816. The van der Waals surface area contributed by atoms with Crippen LogP contribution >= 0.6 is 0 Å². The van der Waals surface area contributed by atoms with Gasteiger partial charge in [0.2, 0.25) is 0 Å². The fourth-order valence-electron chi connectivity index (χ4n) is 3.64. The van der Waals surface area contributed by atoms with E-state index in [-0.39, 0.29) is 17.5 Å². The molecule has 0 aliphatic carbocycles. The van der Waals surface area contributed by atoms with Gasteiger partial charge in [0.05, 0.1) is 11.3 Å². The third kappa shape index (κ3) is 3.40. The number of nitrogens with two attached hydrogens (primary N) is 1. The number of nitrogens with one attached hydrogen (secondary N) is 1. The van der Waals surface area contributed by atoms with Crippen molar-refractivity contribution in [2.45, 2.75) is 18.8 Å². The molecule has 1 aliphatic rings. The van der Waals surface area contributed by atoms with Crippen molar-refractivity contribution in [2.75, 3.05) is 18.8 Å². The number of piperidine rings is 1. The quantitative estimate of drug-likeness (QED) is 0.651. The van der Waals surface area contributed by atoms with Gasteiger partial charge in [0.15, 0.2) is 5.82 Å². The lowest BCUT2D eigenvalue weighted by molar-refractivity contribution is 0.453. The fraction of sp³-hybridized carbons (Fsp3) is 0.227. The first-order valence-electron chi connectivity index (χ1n) is 9.34. The van der Waals surface area contributed by atoms with Crippen molar-refractivity contribution >= 4 is 5.82 Å². The second-order valence-corrected chi connectivity index (χ2v) is 6.95. The summed E-state index contributed by atoms with van der Waals surface area (Å²) in [6.45, 7) is 1.72. The van der Waals surface area contributed by atoms with E-state index in [1.807, 2.05) is 36.4 Å². The van der Waals surface area contributed by atoms with Crippen molar-refractivity contribution in [3.63, 3.8) is 0 Å². The molecule has 3 aromatic rings. The SMILES string of the molecule is N#Cc1c(N)nc(-c2ccc(-c3ccccc3)cc2O)nc1C1CCCNC1. The molecule has 0 radical (unpaired) electrons. The highest BCUT2D eigenvalue weighted by Gasteiger charge is 2.24. The van der Waals surface area contributed by atoms with Crippen LogP contribution in [-0.4, -0.2) is 28.2 Å². The van der Waals surface area contributed by atoms with Gasteiger partial charge in [-0.05, 0) is 42.6 Å². The van der Waals surface area contributed by atoms with Gasteiger partial charge in [-0.25, -0.2) is 9.97 Å². The third-order valence-electron chi connectivity index (χ3n) is 5.11. The normalized spacial score (nSPS) is 16.5. The van der Waals surface area contributed by atoms with E-state index in [9.17, 15) is 10.4 Å². The smallest absolute Gasteiger partial charge is 0.165 e. The lowest BCUT2D eigenvalue weighted by Crippen LogP contribution is -2.29. The molecule has 1 saturated heterocycles. The summed E-state index contributed by atoms with van der Waals surface area (Å²) in [6.07, 6.45) is 1.96. The molecular weight excluding hydrogens is 350 g/mol. The molecule has 6 nitrogen and oxygen atoms in total. The number of phenolic OH excluding ortho intramolecular Hbond substituents is 1. The Labute approximate surface area is 163 Å². The average Bonchev–Trinajstić information content (AvgIpc) is 2.74. The number of aromatic hydroxyl groups is 1. The Balaban J connectivity index is 1.77. The van der Waals surface area contributed by atoms with E-state index in [1.165, 1.54) is 0 Å². The largest absolute Gasteiger partial charge is 0.507 e. The molecular formula is C22H21N5O. The van der Waals surface area contributed by atoms with Crippen molar-refractivity contribution in [2.24, 2.45) is 0 Å². The summed E-state index contributed by atoms with van der Waals surface area (Å²) in [6, 6.07) is 17.4. The summed E-state index contributed by atoms with van der Waals surface area (Å²) >= 11 is 0. The molecule has 0 amide bonds. The maximum Gasteiger partial charge on any atom is 0.165 e. The van der Waals surface area contributed by atoms with Gasteiger partial charge in [-0.3, -0.25) is 0 Å². The van der Waals surface area contributed by atoms with Gasteiger partial charge < -0.3 is 16.2 Å². The number of nitrogens with zero attached hydrogens (tertiary/aromatic N) is 3. The third-order valence-corrected chi connectivity index (χ3v) is 5.11. The number of phenols is 1. The molecule has 2 aromatic carbocycles. The van der Waals surface area contributed by atoms with E-state index >= 15 is 0 Å². The van der Waals surface area contributed by atoms with Crippen molar-refractivity contribution in [3.05, 3.63) is 59.8 Å². The van der Waals surface area contributed by atoms with Crippen LogP contribution in [0.2, 0.25) is 0 Å². The predicted octanol–water partition coefficient (Wildman–Crippen LogP) is 3.44. The number of nitrogen functional groups attached to an aromatic ring is 1. The summed E-state index contributed by atoms with van der Waals surface area (Å²) in [5.41, 5.74) is 9.48. The van der Waals surface area contributed by atoms with E-state index in [0.717, 1.165) is 37.1 Å². The molecule has 1 aliphatic heterocycles. The van der Waals surface area contributed by atoms with E-state index < -0.39 is 0 Å². The molecule has 1 aromatic heterocycles. The standard InChI is InChI=1S/C22H21N5O/c23-12-18-20(16-7-4-10-25-13-16)26-22(27-21(18)24)17-9-8-15(11-19(17)28)14-5-2-1-3-6-14/h1-3,5-6,8-9,11,16,25,28H,4,7,10,13H2,(H2,24,26,27). The molecule has 4 rings (SSSR count). The van der Waals surface area contributed by atoms with Crippen LogP contribution in [0.25, 0.3) is 22.5 Å². The van der Waals surface area contributed by atoms with Gasteiger partial charge in [-0.15, -0.1) is 0 Å². The van der Waals surface area contributed by atoms with Gasteiger partial charge in [0.25, 0.3) is 0 Å². The van der Waals surface area contributed by atoms with Gasteiger partial charge in [-0.2, -0.15) is 5.26 Å². The maximum atomic E-state index is 10.6. The Morgan fingerprint density at radius 2 is 1.93 bits per heavy atom. The molecule has 0 bridgehead atoms. The second kappa shape index (κ2) is 7.67. The number of nitriles is 1. The molecule has 28 heavy (non-hydrogen) atoms. The van der Waals surface area contributed by atoms with Crippen LogP contribution in [0.3, 0.4) is 0 Å². The van der Waals surface area contributed by atoms with Crippen LogP contribution in [0.15, 0.2) is 48.5 Å². The molecule has 1 atom stereocenters. The molecule has 6 heteroatoms. The predicted molar refractivity (Wildman–Crippen MR) is 109 cm³/mol. The zero-order chi connectivity index (χ0) is 19.5. The number of aromatic nitrogens is 2. The Morgan fingerprint density at radius 1 is 1.11 bits per heavy atom. The van der Waals surface area contributed by atoms with Crippen molar-refractivity contribution in [3.8, 4) is 34.3 Å². The van der Waals surface area contributed by atoms with Gasteiger partial charge >= 0.3 is 0 Å². The zero-order valence-electron chi connectivity index (χ0n) is 15.4.